The van der Waals surface area contributed by atoms with Crippen LogP contribution in [0.4, 0.5) is 0 Å². The summed E-state index contributed by atoms with van der Waals surface area (Å²) in [6, 6.07) is 0. The van der Waals surface area contributed by atoms with Gasteiger partial charge in [-0.05, 0) is 26.7 Å². The fourth-order valence-corrected chi connectivity index (χ4v) is 8.56. The summed E-state index contributed by atoms with van der Waals surface area (Å²) in [6.07, 6.45) is 4.33. The summed E-state index contributed by atoms with van der Waals surface area (Å²) in [7, 11) is -6.20. The lowest BCUT2D eigenvalue weighted by molar-refractivity contribution is -0.123. The third kappa shape index (κ3) is 5.52. The van der Waals surface area contributed by atoms with Crippen molar-refractivity contribution in [2.75, 3.05) is 49.2 Å². The Hall–Kier alpha value is -1.03. The molecule has 0 N–H and O–H groups in total. The molecule has 0 amide bonds. The lowest BCUT2D eigenvalue weighted by Crippen LogP contribution is -2.54. The molecule has 0 bridgehead atoms. The summed E-state index contributed by atoms with van der Waals surface area (Å²) in [5.74, 6) is 0.258. The standard InChI is InChI=1S/C19H32N2O5S2/c1-5-9-20(18(3)7-11-27(23,24)15-18)13-17(22)14-21(10-6-2)19(4)8-12-28(25,26)16-19/h5-6H,1-2,7-16H2,3-4H3/t18-,19-/m1/s1. The number of ketones is 1. The van der Waals surface area contributed by atoms with Crippen molar-refractivity contribution in [3.63, 3.8) is 0 Å². The lowest BCUT2D eigenvalue weighted by atomic mass is 9.97. The van der Waals surface area contributed by atoms with E-state index in [0.717, 1.165) is 0 Å². The minimum atomic E-state index is -3.10. The number of sulfone groups is 2. The minimum Gasteiger partial charge on any atom is -0.297 e. The van der Waals surface area contributed by atoms with Crippen LogP contribution in [0.1, 0.15) is 26.7 Å². The second-order valence-electron chi connectivity index (χ2n) is 8.56. The molecule has 2 atom stereocenters. The third-order valence-electron chi connectivity index (χ3n) is 5.93. The molecule has 0 unspecified atom stereocenters. The van der Waals surface area contributed by atoms with Crippen LogP contribution in [0.2, 0.25) is 0 Å². The molecule has 0 spiro atoms. The van der Waals surface area contributed by atoms with E-state index in [-0.39, 0.29) is 41.9 Å². The Morgan fingerprint density at radius 2 is 1.21 bits per heavy atom. The average Bonchev–Trinajstić information content (AvgIpc) is 3.02. The maximum absolute atomic E-state index is 12.9. The fourth-order valence-electron chi connectivity index (χ4n) is 4.22. The molecule has 0 aromatic carbocycles. The highest BCUT2D eigenvalue weighted by Gasteiger charge is 2.45. The van der Waals surface area contributed by atoms with E-state index in [2.05, 4.69) is 13.2 Å². The summed E-state index contributed by atoms with van der Waals surface area (Å²) in [6.45, 7) is 12.3. The topological polar surface area (TPSA) is 91.8 Å². The van der Waals surface area contributed by atoms with Gasteiger partial charge in [-0.3, -0.25) is 14.6 Å². The summed E-state index contributed by atoms with van der Waals surface area (Å²) >= 11 is 0. The van der Waals surface area contributed by atoms with Gasteiger partial charge >= 0.3 is 0 Å². The lowest BCUT2D eigenvalue weighted by Gasteiger charge is -2.39. The number of hydrogen-bond acceptors (Lipinski definition) is 7. The van der Waals surface area contributed by atoms with E-state index in [9.17, 15) is 21.6 Å². The van der Waals surface area contributed by atoms with E-state index in [1.54, 1.807) is 12.2 Å². The van der Waals surface area contributed by atoms with Gasteiger partial charge in [-0.1, -0.05) is 12.2 Å². The quantitative estimate of drug-likeness (QED) is 0.469. The molecule has 2 fully saturated rings. The van der Waals surface area contributed by atoms with Crippen molar-refractivity contribution in [1.29, 1.82) is 0 Å². The Labute approximate surface area is 169 Å². The first-order valence-corrected chi connectivity index (χ1v) is 13.1. The van der Waals surface area contributed by atoms with Crippen molar-refractivity contribution < 1.29 is 21.6 Å². The number of nitrogens with zero attached hydrogens (tertiary/aromatic N) is 2. The van der Waals surface area contributed by atoms with Crippen molar-refractivity contribution >= 4 is 25.5 Å². The zero-order chi connectivity index (χ0) is 21.2. The molecule has 0 aromatic rings. The Balaban J connectivity index is 2.12. The van der Waals surface area contributed by atoms with Crippen molar-refractivity contribution in [2.24, 2.45) is 0 Å². The van der Waals surface area contributed by atoms with Crippen LogP contribution in [-0.2, 0) is 24.5 Å². The molecular formula is C19H32N2O5S2. The summed E-state index contributed by atoms with van der Waals surface area (Å²) in [4.78, 5) is 16.6. The molecule has 2 heterocycles. The fraction of sp³-hybridized carbons (Fsp3) is 0.737. The van der Waals surface area contributed by atoms with Crippen molar-refractivity contribution in [1.82, 2.24) is 9.80 Å². The molecule has 2 saturated heterocycles. The van der Waals surface area contributed by atoms with E-state index in [1.807, 2.05) is 23.6 Å². The Bertz CT molecular complexity index is 768. The maximum atomic E-state index is 12.9. The first kappa shape index (κ1) is 23.3. The molecule has 0 saturated carbocycles. The molecule has 9 heteroatoms. The van der Waals surface area contributed by atoms with Crippen LogP contribution in [0, 0.1) is 0 Å². The highest BCUT2D eigenvalue weighted by molar-refractivity contribution is 7.92. The highest BCUT2D eigenvalue weighted by Crippen LogP contribution is 2.31. The van der Waals surface area contributed by atoms with Crippen LogP contribution in [0.15, 0.2) is 25.3 Å². The highest BCUT2D eigenvalue weighted by atomic mass is 32.2. The average molecular weight is 433 g/mol. The van der Waals surface area contributed by atoms with Gasteiger partial charge in [-0.2, -0.15) is 0 Å². The predicted molar refractivity (Wildman–Crippen MR) is 112 cm³/mol. The molecule has 0 aromatic heterocycles. The van der Waals surface area contributed by atoms with E-state index >= 15 is 0 Å². The van der Waals surface area contributed by atoms with E-state index in [0.29, 0.717) is 25.9 Å². The molecule has 2 aliphatic rings. The number of rotatable bonds is 10. The van der Waals surface area contributed by atoms with Crippen molar-refractivity contribution in [3.05, 3.63) is 25.3 Å². The summed E-state index contributed by atoms with van der Waals surface area (Å²) < 4.78 is 47.9. The normalized spacial score (nSPS) is 31.3. The van der Waals surface area contributed by atoms with Gasteiger partial charge in [0.2, 0.25) is 0 Å². The molecule has 160 valence electrons. The Morgan fingerprint density at radius 1 is 0.857 bits per heavy atom. The smallest absolute Gasteiger partial charge is 0.160 e. The molecule has 2 aliphatic heterocycles. The summed E-state index contributed by atoms with van der Waals surface area (Å²) in [5, 5.41) is 0. The second-order valence-corrected chi connectivity index (χ2v) is 12.9. The van der Waals surface area contributed by atoms with E-state index < -0.39 is 30.8 Å². The van der Waals surface area contributed by atoms with Gasteiger partial charge in [0, 0.05) is 24.2 Å². The molecule has 7 nitrogen and oxygen atoms in total. The first-order chi connectivity index (χ1) is 12.8. The maximum Gasteiger partial charge on any atom is 0.160 e. The Kier molecular flexibility index (Phi) is 6.95. The summed E-state index contributed by atoms with van der Waals surface area (Å²) in [5.41, 5.74) is -1.18. The number of hydrogen-bond donors (Lipinski definition) is 0. The monoisotopic (exact) mass is 432 g/mol. The van der Waals surface area contributed by atoms with Crippen molar-refractivity contribution in [3.8, 4) is 0 Å². The zero-order valence-electron chi connectivity index (χ0n) is 16.9. The zero-order valence-corrected chi connectivity index (χ0v) is 18.5. The van der Waals surface area contributed by atoms with Crippen LogP contribution in [0.3, 0.4) is 0 Å². The van der Waals surface area contributed by atoms with E-state index in [4.69, 9.17) is 0 Å². The van der Waals surface area contributed by atoms with Crippen LogP contribution in [0.5, 0.6) is 0 Å². The molecular weight excluding hydrogens is 400 g/mol. The van der Waals surface area contributed by atoms with Gasteiger partial charge in [-0.25, -0.2) is 16.8 Å². The van der Waals surface area contributed by atoms with Gasteiger partial charge in [0.05, 0.1) is 36.1 Å². The van der Waals surface area contributed by atoms with Crippen LogP contribution >= 0.6 is 0 Å². The van der Waals surface area contributed by atoms with Gasteiger partial charge < -0.3 is 0 Å². The number of Topliss-reactive ketones (excluding diaryl/α,β-unsaturated/α-hetero) is 1. The SMILES string of the molecule is C=CCN(CC(=O)CN(CC=C)[C@]1(C)CCS(=O)(=O)C1)[C@]1(C)CCS(=O)(=O)C1. The molecule has 0 aliphatic carbocycles. The minimum absolute atomic E-state index is 0.0352. The molecule has 28 heavy (non-hydrogen) atoms. The van der Waals surface area contributed by atoms with Gasteiger partial charge in [0.25, 0.3) is 0 Å². The van der Waals surface area contributed by atoms with Crippen molar-refractivity contribution in [2.45, 2.75) is 37.8 Å². The second kappa shape index (κ2) is 8.38. The van der Waals surface area contributed by atoms with Gasteiger partial charge in [-0.15, -0.1) is 13.2 Å². The van der Waals surface area contributed by atoms with E-state index in [1.165, 1.54) is 0 Å². The third-order valence-corrected chi connectivity index (χ3v) is 9.70. The van der Waals surface area contributed by atoms with Crippen LogP contribution in [-0.4, -0.2) is 92.7 Å². The first-order valence-electron chi connectivity index (χ1n) is 9.49. The predicted octanol–water partition coefficient (Wildman–Crippen LogP) is 0.686. The van der Waals surface area contributed by atoms with Gasteiger partial charge in [0.15, 0.2) is 25.5 Å². The largest absolute Gasteiger partial charge is 0.297 e. The number of carbonyl (C=O) groups excluding carboxylic acids is 1. The number of carbonyl (C=O) groups is 1. The molecule has 0 radical (unpaired) electrons. The molecule has 2 rings (SSSR count). The van der Waals surface area contributed by atoms with Gasteiger partial charge in [0.1, 0.15) is 0 Å². The van der Waals surface area contributed by atoms with Crippen LogP contribution in [0.25, 0.3) is 0 Å². The Morgan fingerprint density at radius 3 is 1.46 bits per heavy atom. The van der Waals surface area contributed by atoms with Crippen LogP contribution < -0.4 is 0 Å².